The molecular formula is C10H9ClF2N2O3. The fraction of sp³-hybridized carbons (Fsp3) is 0.300. The Balaban J connectivity index is 2.10. The van der Waals surface area contributed by atoms with E-state index in [-0.39, 0.29) is 12.3 Å². The lowest BCUT2D eigenvalue weighted by Gasteiger charge is -2.11. The summed E-state index contributed by atoms with van der Waals surface area (Å²) in [5.41, 5.74) is -0.241. The molecule has 1 amide bonds. The van der Waals surface area contributed by atoms with Gasteiger partial charge in [0, 0.05) is 0 Å². The van der Waals surface area contributed by atoms with E-state index in [0.29, 0.717) is 0 Å². The maximum Gasteiger partial charge on any atom is 0.244 e. The second kappa shape index (κ2) is 5.15. The van der Waals surface area contributed by atoms with Gasteiger partial charge < -0.3 is 15.2 Å². The topological polar surface area (TPSA) is 70.6 Å². The smallest absolute Gasteiger partial charge is 0.244 e. The van der Waals surface area contributed by atoms with Crippen molar-refractivity contribution in [2.45, 2.75) is 12.5 Å². The molecular weight excluding hydrogens is 270 g/mol. The molecule has 0 saturated carbocycles. The van der Waals surface area contributed by atoms with E-state index in [1.54, 1.807) is 0 Å². The number of hydrogen-bond acceptors (Lipinski definition) is 4. The molecule has 1 aromatic carbocycles. The summed E-state index contributed by atoms with van der Waals surface area (Å²) in [6.07, 6.45) is -1.23. The van der Waals surface area contributed by atoms with Crippen LogP contribution in [0.5, 0.6) is 0 Å². The molecule has 0 radical (unpaired) electrons. The lowest BCUT2D eigenvalue weighted by molar-refractivity contribution is -0.117. The van der Waals surface area contributed by atoms with Crippen LogP contribution in [0.2, 0.25) is 5.02 Å². The van der Waals surface area contributed by atoms with Crippen LogP contribution in [-0.2, 0) is 9.53 Å². The Bertz CT molecular complexity index is 486. The van der Waals surface area contributed by atoms with Gasteiger partial charge in [-0.05, 0) is 12.1 Å². The summed E-state index contributed by atoms with van der Waals surface area (Å²) < 4.78 is 31.1. The van der Waals surface area contributed by atoms with Crippen molar-refractivity contribution >= 4 is 23.2 Å². The van der Waals surface area contributed by atoms with Crippen LogP contribution >= 0.6 is 11.6 Å². The first kappa shape index (κ1) is 13.2. The van der Waals surface area contributed by atoms with Gasteiger partial charge >= 0.3 is 0 Å². The van der Waals surface area contributed by atoms with Gasteiger partial charge in [-0.25, -0.2) is 8.78 Å². The number of amides is 1. The number of nitrogens with one attached hydrogen (secondary N) is 2. The number of halogens is 3. The zero-order chi connectivity index (χ0) is 13.3. The summed E-state index contributed by atoms with van der Waals surface area (Å²) in [6.45, 7) is -0.0520. The van der Waals surface area contributed by atoms with Gasteiger partial charge in [0.15, 0.2) is 5.82 Å². The molecule has 1 fully saturated rings. The second-order valence-electron chi connectivity index (χ2n) is 3.62. The van der Waals surface area contributed by atoms with Gasteiger partial charge in [0.05, 0.1) is 12.3 Å². The first-order valence-corrected chi connectivity index (χ1v) is 5.37. The van der Waals surface area contributed by atoms with E-state index in [2.05, 4.69) is 10.6 Å². The minimum absolute atomic E-state index is 0.0520. The molecule has 1 saturated heterocycles. The quantitative estimate of drug-likeness (QED) is 0.701. The molecule has 1 aliphatic heterocycles. The van der Waals surface area contributed by atoms with Crippen molar-refractivity contribution in [3.8, 4) is 0 Å². The Hall–Kier alpha value is -1.28. The number of carbonyl (C=O) groups excluding carboxylic acids is 1. The number of benzene rings is 1. The number of aliphatic hydroxyl groups is 1. The van der Waals surface area contributed by atoms with Crippen molar-refractivity contribution in [2.24, 2.45) is 0 Å². The van der Waals surface area contributed by atoms with E-state index in [1.165, 1.54) is 0 Å². The van der Waals surface area contributed by atoms with Crippen LogP contribution in [0.15, 0.2) is 12.1 Å². The van der Waals surface area contributed by atoms with E-state index in [0.717, 1.165) is 12.1 Å². The lowest BCUT2D eigenvalue weighted by Crippen LogP contribution is -2.40. The van der Waals surface area contributed by atoms with Crippen LogP contribution in [-0.4, -0.2) is 30.1 Å². The van der Waals surface area contributed by atoms with E-state index >= 15 is 0 Å². The largest absolute Gasteiger partial charge is 0.356 e. The monoisotopic (exact) mass is 278 g/mol. The van der Waals surface area contributed by atoms with Crippen LogP contribution < -0.4 is 10.6 Å². The number of aliphatic hydroxyl groups excluding tert-OH is 1. The van der Waals surface area contributed by atoms with Crippen molar-refractivity contribution in [1.82, 2.24) is 5.32 Å². The predicted octanol–water partition coefficient (Wildman–Crippen LogP) is 0.821. The zero-order valence-corrected chi connectivity index (χ0v) is 9.67. The molecule has 18 heavy (non-hydrogen) atoms. The highest BCUT2D eigenvalue weighted by atomic mass is 35.5. The van der Waals surface area contributed by atoms with Gasteiger partial charge in [-0.15, -0.1) is 0 Å². The molecule has 8 heteroatoms. The molecule has 0 spiro atoms. The molecule has 0 aromatic heterocycles. The third kappa shape index (κ3) is 2.59. The van der Waals surface area contributed by atoms with Crippen LogP contribution in [0, 0.1) is 11.6 Å². The van der Waals surface area contributed by atoms with Gasteiger partial charge in [-0.3, -0.25) is 10.1 Å². The summed E-state index contributed by atoms with van der Waals surface area (Å²) in [4.78, 5) is 11.6. The highest BCUT2D eigenvalue weighted by molar-refractivity contribution is 6.31. The highest BCUT2D eigenvalue weighted by Crippen LogP contribution is 2.25. The van der Waals surface area contributed by atoms with Crippen molar-refractivity contribution in [1.29, 1.82) is 0 Å². The van der Waals surface area contributed by atoms with Crippen molar-refractivity contribution in [3.63, 3.8) is 0 Å². The molecule has 1 aliphatic rings. The van der Waals surface area contributed by atoms with Gasteiger partial charge in [-0.1, -0.05) is 11.6 Å². The molecule has 5 nitrogen and oxygen atoms in total. The fourth-order valence-electron chi connectivity index (χ4n) is 1.45. The Labute approximate surface area is 106 Å². The summed E-state index contributed by atoms with van der Waals surface area (Å²) in [5.74, 6) is -2.58. The molecule has 98 valence electrons. The van der Waals surface area contributed by atoms with Crippen LogP contribution in [0.4, 0.5) is 14.5 Å². The fourth-order valence-corrected chi connectivity index (χ4v) is 1.61. The number of rotatable bonds is 2. The van der Waals surface area contributed by atoms with Crippen LogP contribution in [0.3, 0.4) is 0 Å². The van der Waals surface area contributed by atoms with Gasteiger partial charge in [0.1, 0.15) is 16.9 Å². The number of hydrogen-bond donors (Lipinski definition) is 3. The van der Waals surface area contributed by atoms with Gasteiger partial charge in [0.2, 0.25) is 12.3 Å². The van der Waals surface area contributed by atoms with E-state index < -0.39 is 35.0 Å². The Morgan fingerprint density at radius 1 is 1.56 bits per heavy atom. The van der Waals surface area contributed by atoms with Crippen molar-refractivity contribution < 1.29 is 23.4 Å². The van der Waals surface area contributed by atoms with Gasteiger partial charge in [-0.2, -0.15) is 0 Å². The Morgan fingerprint density at radius 2 is 2.28 bits per heavy atom. The third-order valence-corrected chi connectivity index (χ3v) is 2.72. The van der Waals surface area contributed by atoms with Crippen molar-refractivity contribution in [3.05, 3.63) is 28.8 Å². The average Bonchev–Trinajstić information content (AvgIpc) is 2.77. The molecule has 2 rings (SSSR count). The number of anilines is 1. The molecule has 0 bridgehead atoms. The second-order valence-corrected chi connectivity index (χ2v) is 4.00. The summed E-state index contributed by atoms with van der Waals surface area (Å²) in [5, 5.41) is 12.9. The number of ether oxygens (including phenoxy) is 1. The molecule has 2 atom stereocenters. The average molecular weight is 279 g/mol. The molecule has 3 N–H and O–H groups in total. The maximum atomic E-state index is 13.5. The molecule has 1 heterocycles. The standard InChI is InChI=1S/C10H9ClF2N2O3/c11-7-4(12)1-2-5(8(7)13)14-9(16)6-3-18-10(17)15-6/h1-2,6,10,15,17H,3H2,(H,14,16)/t6-,10?/m0/s1. The first-order valence-electron chi connectivity index (χ1n) is 4.99. The lowest BCUT2D eigenvalue weighted by atomic mass is 10.2. The third-order valence-electron chi connectivity index (χ3n) is 2.37. The maximum absolute atomic E-state index is 13.5. The normalized spacial score (nSPS) is 23.1. The Morgan fingerprint density at radius 3 is 2.89 bits per heavy atom. The van der Waals surface area contributed by atoms with Crippen LogP contribution in [0.25, 0.3) is 0 Å². The summed E-state index contributed by atoms with van der Waals surface area (Å²) in [7, 11) is 0. The number of carbonyl (C=O) groups is 1. The SMILES string of the molecule is O=C(Nc1ccc(F)c(Cl)c1F)[C@@H]1COC(O)N1. The Kier molecular flexibility index (Phi) is 3.76. The molecule has 1 aromatic rings. The van der Waals surface area contributed by atoms with E-state index in [1.807, 2.05) is 0 Å². The van der Waals surface area contributed by atoms with Gasteiger partial charge in [0.25, 0.3) is 0 Å². The van der Waals surface area contributed by atoms with E-state index in [4.69, 9.17) is 21.4 Å². The molecule has 1 unspecified atom stereocenters. The summed E-state index contributed by atoms with van der Waals surface area (Å²) in [6, 6.07) is 1.18. The minimum Gasteiger partial charge on any atom is -0.356 e. The summed E-state index contributed by atoms with van der Waals surface area (Å²) >= 11 is 5.37. The first-order chi connectivity index (χ1) is 8.49. The minimum atomic E-state index is -1.23. The van der Waals surface area contributed by atoms with E-state index in [9.17, 15) is 13.6 Å². The predicted molar refractivity (Wildman–Crippen MR) is 58.9 cm³/mol. The molecule has 0 aliphatic carbocycles. The highest BCUT2D eigenvalue weighted by Gasteiger charge is 2.29. The van der Waals surface area contributed by atoms with Crippen molar-refractivity contribution in [2.75, 3.05) is 11.9 Å². The zero-order valence-electron chi connectivity index (χ0n) is 8.91. The van der Waals surface area contributed by atoms with Crippen LogP contribution in [0.1, 0.15) is 0 Å².